The molecule has 7 heteroatoms. The van der Waals surface area contributed by atoms with E-state index in [4.69, 9.17) is 11.6 Å². The van der Waals surface area contributed by atoms with Gasteiger partial charge >= 0.3 is 0 Å². The summed E-state index contributed by atoms with van der Waals surface area (Å²) in [6.45, 7) is 2.56. The van der Waals surface area contributed by atoms with E-state index in [0.717, 1.165) is 24.0 Å². The third-order valence-corrected chi connectivity index (χ3v) is 7.79. The lowest BCUT2D eigenvalue weighted by Crippen LogP contribution is -2.54. The van der Waals surface area contributed by atoms with Crippen LogP contribution in [0.2, 0.25) is 5.02 Å². The zero-order valence-electron chi connectivity index (χ0n) is 16.4. The summed E-state index contributed by atoms with van der Waals surface area (Å²) in [5.41, 5.74) is 1.64. The summed E-state index contributed by atoms with van der Waals surface area (Å²) in [7, 11) is 0. The Morgan fingerprint density at radius 1 is 1.07 bits per heavy atom. The van der Waals surface area contributed by atoms with Gasteiger partial charge in [-0.1, -0.05) is 35.9 Å². The number of nitrogens with one attached hydrogen (secondary N) is 1. The molecule has 1 spiro atoms. The van der Waals surface area contributed by atoms with Gasteiger partial charge in [-0.3, -0.25) is 19.3 Å². The largest absolute Gasteiger partial charge is 0.324 e. The maximum absolute atomic E-state index is 13.8. The molecule has 0 unspecified atom stereocenters. The van der Waals surface area contributed by atoms with E-state index in [1.54, 1.807) is 18.2 Å². The van der Waals surface area contributed by atoms with Crippen LogP contribution in [0, 0.1) is 18.8 Å². The molecule has 4 heterocycles. The van der Waals surface area contributed by atoms with Crippen LogP contribution in [0.4, 0.5) is 11.4 Å². The number of nitrogens with zero attached hydrogens (tertiary/aromatic N) is 2. The van der Waals surface area contributed by atoms with E-state index in [0.29, 0.717) is 22.9 Å². The molecule has 0 aromatic heterocycles. The number of imide groups is 1. The Hall–Kier alpha value is -2.70. The van der Waals surface area contributed by atoms with E-state index < -0.39 is 17.4 Å². The standard InChI is InChI=1S/C23H20ClN3O3/c1-12-15(24)10-9-14-19(12)25-22(30)23(14)18-17(16-8-5-11-26(16)23)20(28)27(21(18)29)13-6-3-2-4-7-13/h2-4,6-7,9-10,16-18H,5,8,11H2,1H3,(H,25,30)/t16-,17-,18+,23-/m1/s1. The van der Waals surface area contributed by atoms with E-state index in [-0.39, 0.29) is 23.8 Å². The minimum absolute atomic E-state index is 0.118. The molecule has 2 aromatic rings. The first kappa shape index (κ1) is 18.1. The number of hydrogen-bond acceptors (Lipinski definition) is 4. The number of benzene rings is 2. The van der Waals surface area contributed by atoms with Crippen molar-refractivity contribution in [2.75, 3.05) is 16.8 Å². The fourth-order valence-corrected chi connectivity index (χ4v) is 6.38. The fraction of sp³-hybridized carbons (Fsp3) is 0.348. The third-order valence-electron chi connectivity index (χ3n) is 7.38. The second-order valence-corrected chi connectivity index (χ2v) is 8.98. The van der Waals surface area contributed by atoms with E-state index in [2.05, 4.69) is 10.2 Å². The van der Waals surface area contributed by atoms with E-state index in [1.165, 1.54) is 4.90 Å². The third kappa shape index (κ3) is 1.92. The highest BCUT2D eigenvalue weighted by Crippen LogP contribution is 2.61. The zero-order valence-corrected chi connectivity index (χ0v) is 17.1. The van der Waals surface area contributed by atoms with Gasteiger partial charge in [0, 0.05) is 16.6 Å². The Morgan fingerprint density at radius 2 is 1.83 bits per heavy atom. The Bertz CT molecular complexity index is 1130. The van der Waals surface area contributed by atoms with Crippen LogP contribution in [0.3, 0.4) is 0 Å². The first-order chi connectivity index (χ1) is 14.5. The molecule has 6 nitrogen and oxygen atoms in total. The van der Waals surface area contributed by atoms with E-state index in [1.807, 2.05) is 31.2 Å². The quantitative estimate of drug-likeness (QED) is 0.718. The van der Waals surface area contributed by atoms with Gasteiger partial charge in [0.15, 0.2) is 0 Å². The number of carbonyl (C=O) groups is 3. The summed E-state index contributed by atoms with van der Waals surface area (Å²) in [5.74, 6) is -1.97. The average molecular weight is 422 g/mol. The van der Waals surface area contributed by atoms with Gasteiger partial charge in [-0.05, 0) is 50.1 Å². The van der Waals surface area contributed by atoms with E-state index in [9.17, 15) is 14.4 Å². The minimum atomic E-state index is -1.16. The van der Waals surface area contributed by atoms with Crippen molar-refractivity contribution in [2.45, 2.75) is 31.3 Å². The van der Waals surface area contributed by atoms with Crippen LogP contribution in [-0.2, 0) is 19.9 Å². The molecule has 0 saturated carbocycles. The lowest BCUT2D eigenvalue weighted by atomic mass is 9.75. The number of rotatable bonds is 1. The summed E-state index contributed by atoms with van der Waals surface area (Å²) in [5, 5.41) is 3.58. The molecule has 3 amide bonds. The predicted molar refractivity (Wildman–Crippen MR) is 112 cm³/mol. The minimum Gasteiger partial charge on any atom is -0.324 e. The molecule has 0 bridgehead atoms. The molecule has 1 N–H and O–H groups in total. The number of hydrogen-bond donors (Lipinski definition) is 1. The monoisotopic (exact) mass is 421 g/mol. The Balaban J connectivity index is 1.59. The molecule has 4 aliphatic rings. The lowest BCUT2D eigenvalue weighted by Gasteiger charge is -2.36. The first-order valence-corrected chi connectivity index (χ1v) is 10.7. The molecule has 0 aliphatic carbocycles. The normalized spacial score (nSPS) is 32.0. The predicted octanol–water partition coefficient (Wildman–Crippen LogP) is 3.08. The second-order valence-electron chi connectivity index (χ2n) is 8.57. The van der Waals surface area contributed by atoms with Crippen molar-refractivity contribution in [3.63, 3.8) is 0 Å². The molecule has 4 atom stereocenters. The molecule has 0 radical (unpaired) electrons. The van der Waals surface area contributed by atoms with Crippen LogP contribution in [0.5, 0.6) is 0 Å². The van der Waals surface area contributed by atoms with Gasteiger partial charge in [0.2, 0.25) is 17.7 Å². The van der Waals surface area contributed by atoms with Crippen molar-refractivity contribution in [2.24, 2.45) is 11.8 Å². The Kier molecular flexibility index (Phi) is 3.58. The fourth-order valence-electron chi connectivity index (χ4n) is 6.22. The van der Waals surface area contributed by atoms with Gasteiger partial charge in [-0.2, -0.15) is 0 Å². The summed E-state index contributed by atoms with van der Waals surface area (Å²) < 4.78 is 0. The molecule has 3 fully saturated rings. The molecule has 2 aromatic carbocycles. The van der Waals surface area contributed by atoms with Gasteiger partial charge in [0.05, 0.1) is 23.2 Å². The topological polar surface area (TPSA) is 69.7 Å². The number of amides is 3. The average Bonchev–Trinajstić information content (AvgIpc) is 3.44. The van der Waals surface area contributed by atoms with Crippen molar-refractivity contribution in [1.82, 2.24) is 4.90 Å². The molecule has 4 aliphatic heterocycles. The zero-order chi connectivity index (χ0) is 20.8. The van der Waals surface area contributed by atoms with Crippen LogP contribution in [0.25, 0.3) is 0 Å². The van der Waals surface area contributed by atoms with Crippen molar-refractivity contribution in [1.29, 1.82) is 0 Å². The van der Waals surface area contributed by atoms with Crippen LogP contribution < -0.4 is 10.2 Å². The van der Waals surface area contributed by atoms with Gasteiger partial charge in [-0.15, -0.1) is 0 Å². The van der Waals surface area contributed by atoms with Crippen LogP contribution >= 0.6 is 11.6 Å². The van der Waals surface area contributed by atoms with Crippen LogP contribution in [-0.4, -0.2) is 35.2 Å². The molecular weight excluding hydrogens is 402 g/mol. The number of fused-ring (bicyclic) bond motifs is 7. The van der Waals surface area contributed by atoms with Crippen LogP contribution in [0.15, 0.2) is 42.5 Å². The van der Waals surface area contributed by atoms with Gasteiger partial charge in [0.1, 0.15) is 5.54 Å². The second kappa shape index (κ2) is 5.93. The highest BCUT2D eigenvalue weighted by atomic mass is 35.5. The molecule has 30 heavy (non-hydrogen) atoms. The molecule has 152 valence electrons. The first-order valence-electron chi connectivity index (χ1n) is 10.3. The SMILES string of the molecule is Cc1c(Cl)ccc2c1NC(=O)[C@]21[C@@H]2C(=O)N(c3ccccc3)C(=O)[C@@H]2[C@H]2CCCN21. The number of carbonyl (C=O) groups excluding carboxylic acids is 3. The molecule has 6 rings (SSSR count). The summed E-state index contributed by atoms with van der Waals surface area (Å²) in [4.78, 5) is 44.3. The maximum Gasteiger partial charge on any atom is 0.250 e. The van der Waals surface area contributed by atoms with Crippen molar-refractivity contribution in [3.8, 4) is 0 Å². The smallest absolute Gasteiger partial charge is 0.250 e. The van der Waals surface area contributed by atoms with Crippen molar-refractivity contribution < 1.29 is 14.4 Å². The van der Waals surface area contributed by atoms with Crippen LogP contribution in [0.1, 0.15) is 24.0 Å². The molecule has 3 saturated heterocycles. The number of para-hydroxylation sites is 1. The van der Waals surface area contributed by atoms with E-state index >= 15 is 0 Å². The Morgan fingerprint density at radius 3 is 2.60 bits per heavy atom. The molecular formula is C23H20ClN3O3. The highest BCUT2D eigenvalue weighted by molar-refractivity contribution is 6.32. The van der Waals surface area contributed by atoms with Gasteiger partial charge in [-0.25, -0.2) is 4.90 Å². The summed E-state index contributed by atoms with van der Waals surface area (Å²) in [6, 6.07) is 12.5. The summed E-state index contributed by atoms with van der Waals surface area (Å²) >= 11 is 6.32. The Labute approximate surface area is 178 Å². The summed E-state index contributed by atoms with van der Waals surface area (Å²) in [6.07, 6.45) is 1.71. The van der Waals surface area contributed by atoms with Gasteiger partial charge in [0.25, 0.3) is 0 Å². The van der Waals surface area contributed by atoms with Gasteiger partial charge < -0.3 is 5.32 Å². The number of anilines is 2. The number of halogens is 1. The lowest BCUT2D eigenvalue weighted by molar-refractivity contribution is -0.135. The van der Waals surface area contributed by atoms with Crippen molar-refractivity contribution >= 4 is 40.7 Å². The van der Waals surface area contributed by atoms with Crippen molar-refractivity contribution in [3.05, 3.63) is 58.6 Å². The maximum atomic E-state index is 13.8. The highest BCUT2D eigenvalue weighted by Gasteiger charge is 2.74.